The maximum atomic E-state index is 11.5. The molecule has 2 N–H and O–H groups in total. The number of amides is 1. The molecule has 3 aromatic rings. The second kappa shape index (κ2) is 7.14. The topological polar surface area (TPSA) is 44.9 Å². The molecule has 0 atom stereocenters. The summed E-state index contributed by atoms with van der Waals surface area (Å²) in [7, 11) is 0. The molecule has 0 bridgehead atoms. The van der Waals surface area contributed by atoms with E-state index in [0.717, 1.165) is 18.4 Å². The molecule has 1 aromatic heterocycles. The van der Waals surface area contributed by atoms with Crippen LogP contribution in [-0.2, 0) is 17.6 Å². The molecule has 0 saturated heterocycles. The summed E-state index contributed by atoms with van der Waals surface area (Å²) >= 11 is 0. The van der Waals surface area contributed by atoms with Gasteiger partial charge < -0.3 is 10.3 Å². The number of fused-ring (bicyclic) bond motifs is 1. The normalized spacial score (nSPS) is 10.8. The van der Waals surface area contributed by atoms with E-state index in [1.807, 2.05) is 19.1 Å². The van der Waals surface area contributed by atoms with Crippen LogP contribution in [0, 0.1) is 0 Å². The Balaban J connectivity index is 1.87. The van der Waals surface area contributed by atoms with Gasteiger partial charge in [-0.15, -0.1) is 0 Å². The highest BCUT2D eigenvalue weighted by Crippen LogP contribution is 2.24. The van der Waals surface area contributed by atoms with E-state index in [9.17, 15) is 4.79 Å². The number of carbonyl (C=O) groups is 1. The van der Waals surface area contributed by atoms with E-state index < -0.39 is 0 Å². The van der Waals surface area contributed by atoms with Gasteiger partial charge in [-0.2, -0.15) is 0 Å². The van der Waals surface area contributed by atoms with Gasteiger partial charge in [-0.3, -0.25) is 4.79 Å². The fraction of sp³-hybridized carbons (Fsp3) is 0.250. The number of carbonyl (C=O) groups excluding carboxylic acids is 1. The minimum atomic E-state index is 0.106. The molecule has 0 unspecified atom stereocenters. The Morgan fingerprint density at radius 2 is 1.78 bits per heavy atom. The van der Waals surface area contributed by atoms with E-state index in [1.165, 1.54) is 22.2 Å². The van der Waals surface area contributed by atoms with Gasteiger partial charge in [-0.25, -0.2) is 0 Å². The highest BCUT2D eigenvalue weighted by molar-refractivity contribution is 5.85. The lowest BCUT2D eigenvalue weighted by molar-refractivity contribution is -0.120. The van der Waals surface area contributed by atoms with Gasteiger partial charge >= 0.3 is 0 Å². The third-order valence-corrected chi connectivity index (χ3v) is 4.14. The van der Waals surface area contributed by atoms with Crippen molar-refractivity contribution in [1.29, 1.82) is 0 Å². The number of aromatic amines is 1. The van der Waals surface area contributed by atoms with Crippen LogP contribution in [-0.4, -0.2) is 17.4 Å². The van der Waals surface area contributed by atoms with Crippen LogP contribution in [0.1, 0.15) is 30.2 Å². The molecule has 0 aliphatic carbocycles. The monoisotopic (exact) mass is 306 g/mol. The first-order chi connectivity index (χ1) is 11.3. The zero-order valence-corrected chi connectivity index (χ0v) is 13.4. The Hall–Kier alpha value is -2.55. The average Bonchev–Trinajstić information content (AvgIpc) is 2.93. The van der Waals surface area contributed by atoms with Crippen molar-refractivity contribution in [2.75, 3.05) is 6.54 Å². The molecule has 3 rings (SSSR count). The van der Waals surface area contributed by atoms with Crippen LogP contribution in [0.3, 0.4) is 0 Å². The molecule has 0 radical (unpaired) electrons. The van der Waals surface area contributed by atoms with Crippen molar-refractivity contribution in [2.24, 2.45) is 0 Å². The van der Waals surface area contributed by atoms with Crippen LogP contribution < -0.4 is 5.32 Å². The molecule has 0 saturated carbocycles. The van der Waals surface area contributed by atoms with Crippen LogP contribution in [0.2, 0.25) is 0 Å². The molecular weight excluding hydrogens is 284 g/mol. The predicted octanol–water partition coefficient (Wildman–Crippen LogP) is 3.83. The molecule has 0 fully saturated rings. The lowest BCUT2D eigenvalue weighted by Gasteiger charge is -2.07. The number of aromatic nitrogens is 1. The Labute approximate surface area is 136 Å². The molecule has 3 heteroatoms. The van der Waals surface area contributed by atoms with E-state index in [4.69, 9.17) is 0 Å². The van der Waals surface area contributed by atoms with Gasteiger partial charge in [0.25, 0.3) is 0 Å². The summed E-state index contributed by atoms with van der Waals surface area (Å²) < 4.78 is 0. The minimum Gasteiger partial charge on any atom is -0.358 e. The first-order valence-electron chi connectivity index (χ1n) is 8.17. The molecule has 0 aliphatic rings. The maximum Gasteiger partial charge on any atom is 0.219 e. The molecule has 118 valence electrons. The standard InChI is InChI=1S/C20H22N2O/c1-2-20(23)21-13-12-17-16-10-6-7-11-18(16)22-19(17)14-15-8-4-3-5-9-15/h3-11,22H,2,12-14H2,1H3,(H,21,23). The van der Waals surface area contributed by atoms with E-state index >= 15 is 0 Å². The zero-order chi connectivity index (χ0) is 16.1. The molecule has 3 nitrogen and oxygen atoms in total. The van der Waals surface area contributed by atoms with Crippen molar-refractivity contribution in [2.45, 2.75) is 26.2 Å². The fourth-order valence-electron chi connectivity index (χ4n) is 2.94. The summed E-state index contributed by atoms with van der Waals surface area (Å²) in [5, 5.41) is 4.23. The Bertz CT molecular complexity index is 790. The van der Waals surface area contributed by atoms with Gasteiger partial charge in [0.15, 0.2) is 0 Å². The highest BCUT2D eigenvalue weighted by atomic mass is 16.1. The molecule has 1 heterocycles. The molecular formula is C20H22N2O. The van der Waals surface area contributed by atoms with Crippen molar-refractivity contribution in [3.8, 4) is 0 Å². The van der Waals surface area contributed by atoms with Gasteiger partial charge in [0.05, 0.1) is 0 Å². The minimum absolute atomic E-state index is 0.106. The zero-order valence-electron chi connectivity index (χ0n) is 13.4. The van der Waals surface area contributed by atoms with E-state index in [2.05, 4.69) is 52.8 Å². The lowest BCUT2D eigenvalue weighted by atomic mass is 10.0. The molecule has 23 heavy (non-hydrogen) atoms. The number of rotatable bonds is 6. The summed E-state index contributed by atoms with van der Waals surface area (Å²) in [4.78, 5) is 15.0. The first-order valence-corrected chi connectivity index (χ1v) is 8.17. The Morgan fingerprint density at radius 1 is 1.04 bits per heavy atom. The molecule has 0 spiro atoms. The van der Waals surface area contributed by atoms with Gasteiger partial charge in [-0.05, 0) is 23.6 Å². The fourth-order valence-corrected chi connectivity index (χ4v) is 2.94. The first kappa shape index (κ1) is 15.3. The number of H-pyrrole nitrogens is 1. The van der Waals surface area contributed by atoms with E-state index in [0.29, 0.717) is 13.0 Å². The van der Waals surface area contributed by atoms with Crippen LogP contribution >= 0.6 is 0 Å². The van der Waals surface area contributed by atoms with Crippen LogP contribution in [0.15, 0.2) is 54.6 Å². The van der Waals surface area contributed by atoms with Gasteiger partial charge in [-0.1, -0.05) is 55.5 Å². The molecule has 2 aromatic carbocycles. The quantitative estimate of drug-likeness (QED) is 0.714. The number of hydrogen-bond donors (Lipinski definition) is 2. The van der Waals surface area contributed by atoms with Crippen molar-refractivity contribution < 1.29 is 4.79 Å². The Kier molecular flexibility index (Phi) is 4.77. The summed E-state index contributed by atoms with van der Waals surface area (Å²) in [6, 6.07) is 18.8. The lowest BCUT2D eigenvalue weighted by Crippen LogP contribution is -2.24. The second-order valence-corrected chi connectivity index (χ2v) is 5.74. The van der Waals surface area contributed by atoms with Crippen molar-refractivity contribution in [3.05, 3.63) is 71.4 Å². The van der Waals surface area contributed by atoms with Gasteiger partial charge in [0.1, 0.15) is 0 Å². The van der Waals surface area contributed by atoms with Crippen molar-refractivity contribution in [3.63, 3.8) is 0 Å². The summed E-state index contributed by atoms with van der Waals surface area (Å²) in [5.41, 5.74) is 5.00. The van der Waals surface area contributed by atoms with Crippen LogP contribution in [0.5, 0.6) is 0 Å². The Morgan fingerprint density at radius 3 is 2.57 bits per heavy atom. The summed E-state index contributed by atoms with van der Waals surface area (Å²) in [6.45, 7) is 2.55. The average molecular weight is 306 g/mol. The third kappa shape index (κ3) is 3.62. The van der Waals surface area contributed by atoms with E-state index in [1.54, 1.807) is 0 Å². The number of para-hydroxylation sites is 1. The number of benzene rings is 2. The predicted molar refractivity (Wildman–Crippen MR) is 94.6 cm³/mol. The summed E-state index contributed by atoms with van der Waals surface area (Å²) in [5.74, 6) is 0.106. The molecule has 1 amide bonds. The third-order valence-electron chi connectivity index (χ3n) is 4.14. The van der Waals surface area contributed by atoms with Crippen molar-refractivity contribution >= 4 is 16.8 Å². The smallest absolute Gasteiger partial charge is 0.219 e. The van der Waals surface area contributed by atoms with Gasteiger partial charge in [0, 0.05) is 36.0 Å². The van der Waals surface area contributed by atoms with Crippen molar-refractivity contribution in [1.82, 2.24) is 10.3 Å². The largest absolute Gasteiger partial charge is 0.358 e. The maximum absolute atomic E-state index is 11.5. The second-order valence-electron chi connectivity index (χ2n) is 5.74. The van der Waals surface area contributed by atoms with Crippen LogP contribution in [0.25, 0.3) is 10.9 Å². The van der Waals surface area contributed by atoms with Crippen LogP contribution in [0.4, 0.5) is 0 Å². The number of nitrogens with one attached hydrogen (secondary N) is 2. The SMILES string of the molecule is CCC(=O)NCCc1c(Cc2ccccc2)[nH]c2ccccc12. The van der Waals surface area contributed by atoms with E-state index in [-0.39, 0.29) is 5.91 Å². The highest BCUT2D eigenvalue weighted by Gasteiger charge is 2.11. The summed E-state index contributed by atoms with van der Waals surface area (Å²) in [6.07, 6.45) is 2.26. The molecule has 0 aliphatic heterocycles. The number of hydrogen-bond acceptors (Lipinski definition) is 1. The van der Waals surface area contributed by atoms with Gasteiger partial charge in [0.2, 0.25) is 5.91 Å².